The number of nitrogens with zero attached hydrogens (tertiary/aromatic N) is 1. The lowest BCUT2D eigenvalue weighted by molar-refractivity contribution is 0.0730. The number of benzene rings is 2. The van der Waals surface area contributed by atoms with Gasteiger partial charge >= 0.3 is 0 Å². The van der Waals surface area contributed by atoms with Crippen molar-refractivity contribution in [2.24, 2.45) is 0 Å². The fraction of sp³-hybridized carbons (Fsp3) is 0.409. The molecule has 0 saturated carbocycles. The first-order chi connectivity index (χ1) is 13.5. The van der Waals surface area contributed by atoms with Crippen molar-refractivity contribution in [3.05, 3.63) is 65.7 Å². The van der Waals surface area contributed by atoms with Crippen LogP contribution in [0.15, 0.2) is 59.5 Å². The zero-order chi connectivity index (χ0) is 20.0. The highest BCUT2D eigenvalue weighted by Crippen LogP contribution is 2.24. The van der Waals surface area contributed by atoms with Gasteiger partial charge in [0.1, 0.15) is 0 Å². The second kappa shape index (κ2) is 9.34. The van der Waals surface area contributed by atoms with Gasteiger partial charge in [0.15, 0.2) is 9.84 Å². The van der Waals surface area contributed by atoms with E-state index in [1.54, 1.807) is 12.1 Å². The lowest BCUT2D eigenvalue weighted by Crippen LogP contribution is -2.35. The number of rotatable bonds is 8. The molecular formula is C22H27NO4S. The molecule has 1 aliphatic heterocycles. The number of ether oxygens (including phenoxy) is 1. The van der Waals surface area contributed by atoms with Crippen molar-refractivity contribution < 1.29 is 17.9 Å². The first-order valence-electron chi connectivity index (χ1n) is 9.68. The number of amides is 1. The van der Waals surface area contributed by atoms with Gasteiger partial charge < -0.3 is 9.64 Å². The summed E-state index contributed by atoms with van der Waals surface area (Å²) < 4.78 is 29.3. The van der Waals surface area contributed by atoms with Crippen molar-refractivity contribution in [3.8, 4) is 0 Å². The summed E-state index contributed by atoms with van der Waals surface area (Å²) in [6.07, 6.45) is 3.92. The van der Waals surface area contributed by atoms with Gasteiger partial charge in [0, 0.05) is 25.3 Å². The lowest BCUT2D eigenvalue weighted by atomic mass is 10.0. The summed E-state index contributed by atoms with van der Waals surface area (Å²) in [5.41, 5.74) is 1.82. The molecule has 0 aromatic heterocycles. The minimum Gasteiger partial charge on any atom is -0.384 e. The van der Waals surface area contributed by atoms with E-state index in [2.05, 4.69) is 12.1 Å². The standard InChI is InChI=1S/C22H27NO4S/c1-27-16-17-28(25,26)21-13-10-19(11-14-21)22(24)23-15-5-8-20(23)12-9-18-6-3-2-4-7-18/h2-4,6-7,10-11,13-14,20H,5,8-9,12,15-17H2,1H3. The third-order valence-electron chi connectivity index (χ3n) is 5.26. The van der Waals surface area contributed by atoms with Crippen LogP contribution < -0.4 is 0 Å². The molecular weight excluding hydrogens is 374 g/mol. The lowest BCUT2D eigenvalue weighted by Gasteiger charge is -2.25. The Morgan fingerprint density at radius 3 is 2.50 bits per heavy atom. The van der Waals surface area contributed by atoms with Gasteiger partial charge in [0.2, 0.25) is 0 Å². The molecule has 1 heterocycles. The van der Waals surface area contributed by atoms with Gasteiger partial charge in [-0.25, -0.2) is 8.42 Å². The maximum absolute atomic E-state index is 13.0. The molecule has 0 aliphatic carbocycles. The Morgan fingerprint density at radius 2 is 1.82 bits per heavy atom. The van der Waals surface area contributed by atoms with Gasteiger partial charge in [-0.1, -0.05) is 30.3 Å². The second-order valence-electron chi connectivity index (χ2n) is 7.15. The van der Waals surface area contributed by atoms with E-state index in [4.69, 9.17) is 4.74 Å². The number of hydrogen-bond acceptors (Lipinski definition) is 4. The summed E-state index contributed by atoms with van der Waals surface area (Å²) in [5.74, 6) is -0.0822. The highest BCUT2D eigenvalue weighted by atomic mass is 32.2. The topological polar surface area (TPSA) is 63.7 Å². The van der Waals surface area contributed by atoms with Crippen molar-refractivity contribution in [2.45, 2.75) is 36.6 Å². The van der Waals surface area contributed by atoms with Crippen LogP contribution in [0, 0.1) is 0 Å². The smallest absolute Gasteiger partial charge is 0.254 e. The maximum Gasteiger partial charge on any atom is 0.254 e. The van der Waals surface area contributed by atoms with Crippen LogP contribution in [0.3, 0.4) is 0 Å². The van der Waals surface area contributed by atoms with E-state index in [1.807, 2.05) is 23.1 Å². The molecule has 1 fully saturated rings. The normalized spacial score (nSPS) is 17.0. The van der Waals surface area contributed by atoms with E-state index < -0.39 is 9.84 Å². The molecule has 1 atom stereocenters. The minimum atomic E-state index is -3.38. The first kappa shape index (κ1) is 20.6. The Morgan fingerprint density at radius 1 is 1.11 bits per heavy atom. The van der Waals surface area contributed by atoms with Crippen molar-refractivity contribution in [1.29, 1.82) is 0 Å². The van der Waals surface area contributed by atoms with Crippen molar-refractivity contribution >= 4 is 15.7 Å². The van der Waals surface area contributed by atoms with Crippen LogP contribution in [0.2, 0.25) is 0 Å². The van der Waals surface area contributed by atoms with E-state index in [0.717, 1.165) is 32.2 Å². The summed E-state index contributed by atoms with van der Waals surface area (Å²) in [7, 11) is -1.91. The zero-order valence-electron chi connectivity index (χ0n) is 16.2. The van der Waals surface area contributed by atoms with Crippen LogP contribution in [-0.4, -0.2) is 51.3 Å². The predicted molar refractivity (Wildman–Crippen MR) is 109 cm³/mol. The molecule has 1 saturated heterocycles. The Hall–Kier alpha value is -2.18. The van der Waals surface area contributed by atoms with Crippen LogP contribution in [0.4, 0.5) is 0 Å². The van der Waals surface area contributed by atoms with E-state index in [1.165, 1.54) is 24.8 Å². The Bertz CT molecular complexity index is 879. The average molecular weight is 402 g/mol. The number of methoxy groups -OCH3 is 1. The molecule has 6 heteroatoms. The summed E-state index contributed by atoms with van der Waals surface area (Å²) in [5, 5.41) is 0. The fourth-order valence-electron chi connectivity index (χ4n) is 3.66. The number of aryl methyl sites for hydroxylation is 1. The number of carbonyl (C=O) groups excluding carboxylic acids is 1. The van der Waals surface area contributed by atoms with Crippen molar-refractivity contribution in [1.82, 2.24) is 4.90 Å². The van der Waals surface area contributed by atoms with Crippen molar-refractivity contribution in [3.63, 3.8) is 0 Å². The molecule has 1 aliphatic rings. The maximum atomic E-state index is 13.0. The van der Waals surface area contributed by atoms with Gasteiger partial charge in [-0.05, 0) is 55.5 Å². The number of likely N-dealkylation sites (tertiary alicyclic amines) is 1. The monoisotopic (exact) mass is 401 g/mol. The predicted octanol–water partition coefficient (Wildman–Crippen LogP) is 3.34. The summed E-state index contributed by atoms with van der Waals surface area (Å²) in [6, 6.07) is 16.8. The zero-order valence-corrected chi connectivity index (χ0v) is 17.0. The molecule has 2 aromatic carbocycles. The quantitative estimate of drug-likeness (QED) is 0.681. The van der Waals surface area contributed by atoms with Gasteiger partial charge in [0.05, 0.1) is 17.3 Å². The molecule has 150 valence electrons. The average Bonchev–Trinajstić information content (AvgIpc) is 3.20. The van der Waals surface area contributed by atoms with Gasteiger partial charge in [-0.2, -0.15) is 0 Å². The van der Waals surface area contributed by atoms with E-state index in [0.29, 0.717) is 5.56 Å². The first-order valence-corrected chi connectivity index (χ1v) is 11.3. The third-order valence-corrected chi connectivity index (χ3v) is 6.96. The molecule has 0 radical (unpaired) electrons. The number of hydrogen-bond donors (Lipinski definition) is 0. The fourth-order valence-corrected chi connectivity index (χ4v) is 4.84. The molecule has 0 N–H and O–H groups in total. The van der Waals surface area contributed by atoms with Crippen molar-refractivity contribution in [2.75, 3.05) is 26.0 Å². The second-order valence-corrected chi connectivity index (χ2v) is 9.26. The third kappa shape index (κ3) is 5.00. The molecule has 0 bridgehead atoms. The van der Waals surface area contributed by atoms with Crippen LogP contribution in [0.25, 0.3) is 0 Å². The van der Waals surface area contributed by atoms with Gasteiger partial charge in [-0.3, -0.25) is 4.79 Å². The summed E-state index contributed by atoms with van der Waals surface area (Å²) in [4.78, 5) is 15.1. The van der Waals surface area contributed by atoms with E-state index in [9.17, 15) is 13.2 Å². The molecule has 28 heavy (non-hydrogen) atoms. The van der Waals surface area contributed by atoms with E-state index in [-0.39, 0.29) is 29.2 Å². The van der Waals surface area contributed by atoms with Crippen LogP contribution in [0.1, 0.15) is 35.2 Å². The number of sulfone groups is 1. The highest BCUT2D eigenvalue weighted by Gasteiger charge is 2.29. The van der Waals surface area contributed by atoms with Crippen LogP contribution in [0.5, 0.6) is 0 Å². The SMILES string of the molecule is COCCS(=O)(=O)c1ccc(C(=O)N2CCCC2CCc2ccccc2)cc1. The molecule has 5 nitrogen and oxygen atoms in total. The molecule has 1 unspecified atom stereocenters. The van der Waals surface area contributed by atoms with Gasteiger partial charge in [-0.15, -0.1) is 0 Å². The molecule has 0 spiro atoms. The highest BCUT2D eigenvalue weighted by molar-refractivity contribution is 7.91. The van der Waals surface area contributed by atoms with Crippen LogP contribution >= 0.6 is 0 Å². The Labute approximate surface area is 167 Å². The molecule has 1 amide bonds. The largest absolute Gasteiger partial charge is 0.384 e. The van der Waals surface area contributed by atoms with Gasteiger partial charge in [0.25, 0.3) is 5.91 Å². The Balaban J connectivity index is 1.65. The minimum absolute atomic E-state index is 0.0172. The molecule has 2 aromatic rings. The summed E-state index contributed by atoms with van der Waals surface area (Å²) >= 11 is 0. The Kier molecular flexibility index (Phi) is 6.86. The molecule has 3 rings (SSSR count). The van der Waals surface area contributed by atoms with Crippen LogP contribution in [-0.2, 0) is 21.0 Å². The van der Waals surface area contributed by atoms with E-state index >= 15 is 0 Å². The number of carbonyl (C=O) groups is 1. The summed E-state index contributed by atoms with van der Waals surface area (Å²) in [6.45, 7) is 0.909.